The van der Waals surface area contributed by atoms with E-state index in [4.69, 9.17) is 5.73 Å². The maximum atomic E-state index is 12.6. The Kier molecular flexibility index (Phi) is 3.75. The fourth-order valence-electron chi connectivity index (χ4n) is 1.86. The van der Waals surface area contributed by atoms with E-state index in [-0.39, 0.29) is 6.04 Å². The summed E-state index contributed by atoms with van der Waals surface area (Å²) in [7, 11) is 0. The monoisotopic (exact) mass is 272 g/mol. The lowest BCUT2D eigenvalue weighted by molar-refractivity contribution is -0.137. The van der Waals surface area contributed by atoms with Crippen molar-refractivity contribution in [3.63, 3.8) is 0 Å². The largest absolute Gasteiger partial charge is 0.417 e. The average Bonchev–Trinajstić information content (AvgIpc) is 2.70. The first-order valence-electron chi connectivity index (χ1n) is 6.04. The van der Waals surface area contributed by atoms with Crippen LogP contribution in [-0.4, -0.2) is 20.6 Å². The number of nitrogens with zero attached hydrogens (tertiary/aromatic N) is 3. The molecule has 0 spiro atoms. The number of fused-ring (bicyclic) bond motifs is 1. The van der Waals surface area contributed by atoms with Crippen molar-refractivity contribution < 1.29 is 13.2 Å². The molecule has 2 heterocycles. The summed E-state index contributed by atoms with van der Waals surface area (Å²) in [5, 5.41) is 7.77. The van der Waals surface area contributed by atoms with Crippen LogP contribution in [0.3, 0.4) is 0 Å². The standard InChI is InChI=1S/C12H15F3N4/c1-8(16)3-2-4-10-17-18-11-6-5-9(7-19(10)11)12(13,14)15/h5-8H,2-4,16H2,1H3. The Morgan fingerprint density at radius 1 is 1.32 bits per heavy atom. The number of hydrogen-bond donors (Lipinski definition) is 1. The molecule has 0 saturated carbocycles. The molecule has 0 aliphatic heterocycles. The first-order chi connectivity index (χ1) is 8.88. The molecular weight excluding hydrogens is 257 g/mol. The average molecular weight is 272 g/mol. The molecule has 0 aromatic carbocycles. The lowest BCUT2D eigenvalue weighted by Gasteiger charge is -2.08. The molecule has 0 radical (unpaired) electrons. The minimum atomic E-state index is -4.36. The second-order valence-corrected chi connectivity index (χ2v) is 4.63. The fraction of sp³-hybridized carbons (Fsp3) is 0.500. The fourth-order valence-corrected chi connectivity index (χ4v) is 1.86. The summed E-state index contributed by atoms with van der Waals surface area (Å²) >= 11 is 0. The number of pyridine rings is 1. The number of aromatic nitrogens is 3. The normalized spacial score (nSPS) is 13.9. The van der Waals surface area contributed by atoms with Gasteiger partial charge in [-0.2, -0.15) is 13.2 Å². The molecule has 0 amide bonds. The summed E-state index contributed by atoms with van der Waals surface area (Å²) in [5.74, 6) is 0.529. The molecule has 2 aromatic heterocycles. The Bertz CT molecular complexity index is 560. The van der Waals surface area contributed by atoms with Crippen LogP contribution < -0.4 is 5.73 Å². The van der Waals surface area contributed by atoms with Crippen LogP contribution >= 0.6 is 0 Å². The first-order valence-corrected chi connectivity index (χ1v) is 6.04. The van der Waals surface area contributed by atoms with Crippen LogP contribution in [0, 0.1) is 0 Å². The number of rotatable bonds is 4. The third-order valence-corrected chi connectivity index (χ3v) is 2.86. The summed E-state index contributed by atoms with van der Waals surface area (Å²) in [6, 6.07) is 2.41. The van der Waals surface area contributed by atoms with Crippen LogP contribution in [0.1, 0.15) is 31.2 Å². The van der Waals surface area contributed by atoms with E-state index < -0.39 is 11.7 Å². The quantitative estimate of drug-likeness (QED) is 0.930. The number of halogens is 3. The highest BCUT2D eigenvalue weighted by atomic mass is 19.4. The maximum Gasteiger partial charge on any atom is 0.417 e. The first kappa shape index (κ1) is 13.8. The van der Waals surface area contributed by atoms with Gasteiger partial charge in [-0.25, -0.2) is 0 Å². The zero-order chi connectivity index (χ0) is 14.0. The van der Waals surface area contributed by atoms with Crippen LogP contribution in [0.2, 0.25) is 0 Å². The van der Waals surface area contributed by atoms with Crippen LogP contribution in [0.4, 0.5) is 13.2 Å². The van der Waals surface area contributed by atoms with Crippen molar-refractivity contribution in [2.75, 3.05) is 0 Å². The minimum Gasteiger partial charge on any atom is -0.328 e. The zero-order valence-corrected chi connectivity index (χ0v) is 10.5. The van der Waals surface area contributed by atoms with Crippen LogP contribution in [-0.2, 0) is 12.6 Å². The molecule has 0 saturated heterocycles. The molecule has 7 heteroatoms. The highest BCUT2D eigenvalue weighted by molar-refractivity contribution is 5.40. The van der Waals surface area contributed by atoms with Gasteiger partial charge in [0.05, 0.1) is 5.56 Å². The van der Waals surface area contributed by atoms with Gasteiger partial charge in [-0.1, -0.05) is 0 Å². The van der Waals surface area contributed by atoms with E-state index in [2.05, 4.69) is 10.2 Å². The summed E-state index contributed by atoms with van der Waals surface area (Å²) in [6.07, 6.45) is -1.19. The topological polar surface area (TPSA) is 56.2 Å². The molecule has 2 N–H and O–H groups in total. The Morgan fingerprint density at radius 3 is 2.68 bits per heavy atom. The van der Waals surface area contributed by atoms with Gasteiger partial charge in [-0.3, -0.25) is 4.40 Å². The number of hydrogen-bond acceptors (Lipinski definition) is 3. The number of nitrogens with two attached hydrogens (primary N) is 1. The summed E-state index contributed by atoms with van der Waals surface area (Å²) in [4.78, 5) is 0. The third-order valence-electron chi connectivity index (χ3n) is 2.86. The van der Waals surface area contributed by atoms with Gasteiger partial charge in [0.2, 0.25) is 0 Å². The molecular formula is C12H15F3N4. The second kappa shape index (κ2) is 5.16. The maximum absolute atomic E-state index is 12.6. The molecule has 2 rings (SSSR count). The predicted molar refractivity (Wildman–Crippen MR) is 64.6 cm³/mol. The van der Waals surface area contributed by atoms with Crippen molar-refractivity contribution in [1.29, 1.82) is 0 Å². The van der Waals surface area contributed by atoms with E-state index in [0.29, 0.717) is 17.9 Å². The van der Waals surface area contributed by atoms with Crippen molar-refractivity contribution in [1.82, 2.24) is 14.6 Å². The van der Waals surface area contributed by atoms with Gasteiger partial charge in [-0.15, -0.1) is 10.2 Å². The summed E-state index contributed by atoms with van der Waals surface area (Å²) in [5.41, 5.74) is 5.35. The van der Waals surface area contributed by atoms with E-state index in [1.807, 2.05) is 6.92 Å². The van der Waals surface area contributed by atoms with Crippen molar-refractivity contribution in [2.24, 2.45) is 5.73 Å². The van der Waals surface area contributed by atoms with E-state index >= 15 is 0 Å². The van der Waals surface area contributed by atoms with Crippen molar-refractivity contribution in [3.05, 3.63) is 29.7 Å². The Balaban J connectivity index is 2.25. The smallest absolute Gasteiger partial charge is 0.328 e. The van der Waals surface area contributed by atoms with E-state index in [0.717, 1.165) is 25.1 Å². The SMILES string of the molecule is CC(N)CCCc1nnc2ccc(C(F)(F)F)cn12. The van der Waals surface area contributed by atoms with Crippen LogP contribution in [0.15, 0.2) is 18.3 Å². The van der Waals surface area contributed by atoms with Gasteiger partial charge in [0, 0.05) is 18.7 Å². The Morgan fingerprint density at radius 2 is 2.05 bits per heavy atom. The van der Waals surface area contributed by atoms with E-state index in [1.54, 1.807) is 0 Å². The Hall–Kier alpha value is -1.63. The Labute approximate surface area is 108 Å². The van der Waals surface area contributed by atoms with Gasteiger partial charge in [0.25, 0.3) is 0 Å². The molecule has 2 aromatic rings. The molecule has 19 heavy (non-hydrogen) atoms. The van der Waals surface area contributed by atoms with Gasteiger partial charge in [-0.05, 0) is 31.9 Å². The van der Waals surface area contributed by atoms with Crippen LogP contribution in [0.25, 0.3) is 5.65 Å². The highest BCUT2D eigenvalue weighted by Crippen LogP contribution is 2.29. The van der Waals surface area contributed by atoms with E-state index in [1.165, 1.54) is 10.5 Å². The van der Waals surface area contributed by atoms with Crippen LogP contribution in [0.5, 0.6) is 0 Å². The molecule has 1 unspecified atom stereocenters. The molecule has 0 fully saturated rings. The van der Waals surface area contributed by atoms with Gasteiger partial charge >= 0.3 is 6.18 Å². The molecule has 1 atom stereocenters. The van der Waals surface area contributed by atoms with Gasteiger partial charge < -0.3 is 5.73 Å². The van der Waals surface area contributed by atoms with Crippen molar-refractivity contribution in [3.8, 4) is 0 Å². The highest BCUT2D eigenvalue weighted by Gasteiger charge is 2.31. The summed E-state index contributed by atoms with van der Waals surface area (Å²) < 4.78 is 39.3. The molecule has 0 aliphatic rings. The van der Waals surface area contributed by atoms with Crippen molar-refractivity contribution in [2.45, 2.75) is 38.4 Å². The number of aryl methyl sites for hydroxylation is 1. The summed E-state index contributed by atoms with van der Waals surface area (Å²) in [6.45, 7) is 1.89. The van der Waals surface area contributed by atoms with E-state index in [9.17, 15) is 13.2 Å². The molecule has 0 aliphatic carbocycles. The number of alkyl halides is 3. The predicted octanol–water partition coefficient (Wildman–Crippen LogP) is 2.42. The van der Waals surface area contributed by atoms with Crippen molar-refractivity contribution >= 4 is 5.65 Å². The lowest BCUT2D eigenvalue weighted by atomic mass is 10.1. The van der Waals surface area contributed by atoms with Gasteiger partial charge in [0.15, 0.2) is 5.65 Å². The molecule has 0 bridgehead atoms. The molecule has 4 nitrogen and oxygen atoms in total. The minimum absolute atomic E-state index is 0.0740. The molecule has 104 valence electrons. The zero-order valence-electron chi connectivity index (χ0n) is 10.5. The lowest BCUT2D eigenvalue weighted by Crippen LogP contribution is -2.14. The third kappa shape index (κ3) is 3.23. The van der Waals surface area contributed by atoms with Gasteiger partial charge in [0.1, 0.15) is 5.82 Å². The second-order valence-electron chi connectivity index (χ2n) is 4.63.